The Balaban J connectivity index is 1.45. The van der Waals surface area contributed by atoms with Gasteiger partial charge in [0.1, 0.15) is 36.6 Å². The summed E-state index contributed by atoms with van der Waals surface area (Å²) in [5, 5.41) is 56.2. The highest BCUT2D eigenvalue weighted by Crippen LogP contribution is 2.36. The van der Waals surface area contributed by atoms with Crippen molar-refractivity contribution in [3.05, 3.63) is 53.6 Å². The molecular formula is C47H75N5O13. The first-order valence-corrected chi connectivity index (χ1v) is 23.0. The van der Waals surface area contributed by atoms with E-state index in [-0.39, 0.29) is 24.9 Å². The minimum absolute atomic E-state index is 0.0176. The molecule has 0 radical (unpaired) electrons. The Hall–Kier alpha value is -3.40. The molecular weight excluding hydrogens is 843 g/mol. The topological polar surface area (TPSA) is 237 Å². The zero-order valence-electron chi connectivity index (χ0n) is 39.7. The molecule has 65 heavy (non-hydrogen) atoms. The Morgan fingerprint density at radius 2 is 1.55 bits per heavy atom. The number of hydrogen-bond acceptors (Lipinski definition) is 18. The molecule has 0 aromatic heterocycles. The van der Waals surface area contributed by atoms with Crippen LogP contribution in [-0.4, -0.2) is 170 Å². The van der Waals surface area contributed by atoms with Gasteiger partial charge in [-0.1, -0.05) is 55.9 Å². The maximum absolute atomic E-state index is 14.0. The van der Waals surface area contributed by atoms with Crippen molar-refractivity contribution in [1.82, 2.24) is 9.91 Å². The molecule has 4 aliphatic heterocycles. The number of allylic oxidation sites excluding steroid dienone is 3. The average Bonchev–Trinajstić information content (AvgIpc) is 3.75. The Kier molecular flexibility index (Phi) is 19.5. The molecule has 0 aliphatic carbocycles. The summed E-state index contributed by atoms with van der Waals surface area (Å²) in [4.78, 5) is 29.7. The van der Waals surface area contributed by atoms with Crippen molar-refractivity contribution >= 4 is 17.4 Å². The van der Waals surface area contributed by atoms with E-state index in [4.69, 9.17) is 38.9 Å². The molecule has 18 heteroatoms. The number of likely N-dealkylation sites (N-methyl/N-ethyl adjacent to an activating group) is 1. The van der Waals surface area contributed by atoms with Crippen molar-refractivity contribution in [2.45, 2.75) is 153 Å². The number of cyclic esters (lactones) is 1. The van der Waals surface area contributed by atoms with E-state index in [1.165, 1.54) is 14.2 Å². The summed E-state index contributed by atoms with van der Waals surface area (Å²) in [6, 6.07) is 6.59. The third kappa shape index (κ3) is 13.4. The van der Waals surface area contributed by atoms with Gasteiger partial charge in [-0.2, -0.15) is 5.11 Å². The summed E-state index contributed by atoms with van der Waals surface area (Å²) in [6.45, 7) is 11.7. The number of anilines is 1. The van der Waals surface area contributed by atoms with Crippen LogP contribution in [0.2, 0.25) is 0 Å². The van der Waals surface area contributed by atoms with Crippen LogP contribution >= 0.6 is 0 Å². The molecule has 0 bridgehead atoms. The van der Waals surface area contributed by atoms with Gasteiger partial charge in [-0.3, -0.25) is 14.6 Å². The molecule has 4 aliphatic rings. The fourth-order valence-corrected chi connectivity index (χ4v) is 9.44. The molecule has 1 aromatic rings. The maximum atomic E-state index is 14.0. The maximum Gasteiger partial charge on any atom is 0.308 e. The van der Waals surface area contributed by atoms with Crippen molar-refractivity contribution in [2.24, 2.45) is 34.0 Å². The number of ketones is 1. The normalized spacial score (nSPS) is 40.4. The van der Waals surface area contributed by atoms with E-state index in [1.807, 2.05) is 56.1 Å². The Morgan fingerprint density at radius 1 is 0.892 bits per heavy atom. The molecule has 0 saturated carbocycles. The first-order valence-electron chi connectivity index (χ1n) is 23.0. The highest BCUT2D eigenvalue weighted by molar-refractivity contribution is 5.91. The van der Waals surface area contributed by atoms with Crippen molar-refractivity contribution in [1.29, 1.82) is 0 Å². The summed E-state index contributed by atoms with van der Waals surface area (Å²) in [5.41, 5.74) is 8.27. The van der Waals surface area contributed by atoms with Gasteiger partial charge < -0.3 is 64.2 Å². The van der Waals surface area contributed by atoms with Gasteiger partial charge in [-0.05, 0) is 83.8 Å². The van der Waals surface area contributed by atoms with Crippen LogP contribution < -0.4 is 5.73 Å². The van der Waals surface area contributed by atoms with Crippen molar-refractivity contribution in [2.75, 3.05) is 53.7 Å². The fraction of sp³-hybridized carbons (Fsp3) is 0.745. The van der Waals surface area contributed by atoms with E-state index in [0.29, 0.717) is 38.0 Å². The lowest BCUT2D eigenvalue weighted by atomic mass is 9.79. The van der Waals surface area contributed by atoms with E-state index < -0.39 is 109 Å². The lowest BCUT2D eigenvalue weighted by molar-refractivity contribution is -0.304. The second kappa shape index (κ2) is 24.1. The predicted molar refractivity (Wildman–Crippen MR) is 240 cm³/mol. The zero-order valence-corrected chi connectivity index (χ0v) is 39.7. The van der Waals surface area contributed by atoms with Gasteiger partial charge in [0.25, 0.3) is 0 Å². The highest BCUT2D eigenvalue weighted by atomic mass is 16.7. The van der Waals surface area contributed by atoms with Crippen LogP contribution in [0, 0.1) is 23.7 Å². The third-order valence-electron chi connectivity index (χ3n) is 13.5. The molecule has 6 N–H and O–H groups in total. The largest absolute Gasteiger partial charge is 0.462 e. The Bertz CT molecular complexity index is 1770. The van der Waals surface area contributed by atoms with Crippen LogP contribution in [0.15, 0.2) is 58.4 Å². The molecule has 1 unspecified atom stereocenters. The molecule has 1 aromatic carbocycles. The fourth-order valence-electron chi connectivity index (χ4n) is 9.44. The summed E-state index contributed by atoms with van der Waals surface area (Å²) in [5.74, 6) is -3.00. The van der Waals surface area contributed by atoms with Crippen LogP contribution in [0.3, 0.4) is 0 Å². The number of nitrogens with zero attached hydrogens (tertiary/aromatic N) is 4. The monoisotopic (exact) mass is 918 g/mol. The summed E-state index contributed by atoms with van der Waals surface area (Å²) in [7, 11) is 6.46. The number of benzene rings is 1. The first kappa shape index (κ1) is 52.6. The number of methoxy groups -OCH3 is 2. The van der Waals surface area contributed by atoms with Gasteiger partial charge in [0.05, 0.1) is 56.1 Å². The van der Waals surface area contributed by atoms with Gasteiger partial charge in [0.2, 0.25) is 0 Å². The summed E-state index contributed by atoms with van der Waals surface area (Å²) >= 11 is 0. The number of rotatable bonds is 13. The lowest BCUT2D eigenvalue weighted by Crippen LogP contribution is -2.63. The van der Waals surface area contributed by atoms with Crippen molar-refractivity contribution < 1.29 is 63.2 Å². The molecule has 4 heterocycles. The number of hydrogen-bond donors (Lipinski definition) is 5. The van der Waals surface area contributed by atoms with E-state index in [2.05, 4.69) is 10.3 Å². The van der Waals surface area contributed by atoms with Gasteiger partial charge in [-0.15, -0.1) is 0 Å². The summed E-state index contributed by atoms with van der Waals surface area (Å²) in [6.07, 6.45) is -5.13. The number of carbonyl (C=O) groups is 2. The van der Waals surface area contributed by atoms with Crippen molar-refractivity contribution in [3.63, 3.8) is 0 Å². The predicted octanol–water partition coefficient (Wildman–Crippen LogP) is 3.37. The second-order valence-corrected chi connectivity index (χ2v) is 18.5. The van der Waals surface area contributed by atoms with Crippen LogP contribution in [0.25, 0.3) is 0 Å². The van der Waals surface area contributed by atoms with Crippen molar-refractivity contribution in [3.8, 4) is 0 Å². The van der Waals surface area contributed by atoms with Gasteiger partial charge in [-0.25, -0.2) is 0 Å². The van der Waals surface area contributed by atoms with E-state index in [9.17, 15) is 30.0 Å². The SMILES string of the molecule is CC[C@H]1OC(=O)C[C@@H](O)[C@H](C)[C@@H](O[C@@H]2O[C@H](C)[C@@H](O)[C@H](N(C)C)[C@H]2O)[C@@H](CCN2CC(c3ccc(N)cc3)N=N2)C[C@@H](C)C(=O)/C=C/C(C)=C/[C@@H]1CO[C@@H]1O[C@H](C)[C@@H](O)[C@@H](OC)[C@H]1OC. The standard InChI is InChI=1S/C47H75N5O13/c1-11-37-32(24-61-47-45(60-10)44(59-9)41(57)29(6)63-47)20-25(2)12-17-35(53)26(3)21-31(18-19-52-23-34(49-50-52)30-13-15-33(48)16-14-30)43(27(4)36(54)22-38(55)64-37)65-46-42(58)39(51(7)8)40(56)28(5)62-46/h12-17,20,26-29,31-32,34,36-37,39-47,54,56-58H,11,18-19,21-24,48H2,1-10H3/b17-12+,25-20+/t26-,27+,28-,29-,31+,32-,34?,36-,37-,39+,40-,41-,42-,43-,44-,45-,46+,47-/m1/s1. The number of nitrogen functional groups attached to an aromatic ring is 1. The molecule has 0 spiro atoms. The van der Waals surface area contributed by atoms with Crippen LogP contribution in [0.5, 0.6) is 0 Å². The number of carbonyl (C=O) groups excluding carboxylic acids is 2. The number of aliphatic hydroxyl groups is 4. The minimum atomic E-state index is -1.29. The minimum Gasteiger partial charge on any atom is -0.462 e. The van der Waals surface area contributed by atoms with Crippen LogP contribution in [0.1, 0.15) is 78.8 Å². The molecule has 2 fully saturated rings. The average molecular weight is 918 g/mol. The number of nitrogens with two attached hydrogens (primary N) is 1. The number of ether oxygens (including phenoxy) is 7. The third-order valence-corrected chi connectivity index (χ3v) is 13.5. The number of aliphatic hydroxyl groups excluding tert-OH is 4. The molecule has 18 atom stereocenters. The Morgan fingerprint density at radius 3 is 2.20 bits per heavy atom. The smallest absolute Gasteiger partial charge is 0.308 e. The van der Waals surface area contributed by atoms with Gasteiger partial charge >= 0.3 is 5.97 Å². The van der Waals surface area contributed by atoms with Gasteiger partial charge in [0.15, 0.2) is 18.4 Å². The van der Waals surface area contributed by atoms with Gasteiger partial charge in [0, 0.05) is 44.2 Å². The van der Waals surface area contributed by atoms with E-state index >= 15 is 0 Å². The second-order valence-electron chi connectivity index (χ2n) is 18.5. The molecule has 5 rings (SSSR count). The lowest BCUT2D eigenvalue weighted by Gasteiger charge is -2.46. The molecule has 366 valence electrons. The molecule has 18 nitrogen and oxygen atoms in total. The summed E-state index contributed by atoms with van der Waals surface area (Å²) < 4.78 is 42.6. The van der Waals surface area contributed by atoms with E-state index in [1.54, 1.807) is 51.9 Å². The Labute approximate surface area is 384 Å². The zero-order chi connectivity index (χ0) is 47.7. The van der Waals surface area contributed by atoms with Crippen LogP contribution in [-0.2, 0) is 42.7 Å². The number of esters is 1. The quantitative estimate of drug-likeness (QED) is 0.141. The van der Waals surface area contributed by atoms with E-state index in [0.717, 1.165) is 11.1 Å². The first-order chi connectivity index (χ1) is 30.9. The van der Waals surface area contributed by atoms with Crippen LogP contribution in [0.4, 0.5) is 5.69 Å². The highest BCUT2D eigenvalue weighted by Gasteiger charge is 2.48. The molecule has 2 saturated heterocycles. The molecule has 0 amide bonds.